The van der Waals surface area contributed by atoms with Gasteiger partial charge in [-0.15, -0.1) is 11.3 Å². The molecular formula is C17H14Cl2N2O3S. The van der Waals surface area contributed by atoms with Crippen LogP contribution in [0.5, 0.6) is 0 Å². The predicted octanol–water partition coefficient (Wildman–Crippen LogP) is 4.83. The van der Waals surface area contributed by atoms with Crippen LogP contribution in [0.2, 0.25) is 10.0 Å². The Morgan fingerprint density at radius 2 is 1.92 bits per heavy atom. The minimum Gasteiger partial charge on any atom is -0.451 e. The number of esters is 1. The highest BCUT2D eigenvalue weighted by atomic mass is 35.5. The number of rotatable bonds is 3. The average molecular weight is 397 g/mol. The molecule has 0 saturated carbocycles. The van der Waals surface area contributed by atoms with Gasteiger partial charge in [-0.05, 0) is 38.5 Å². The normalized spacial score (nSPS) is 12.4. The van der Waals surface area contributed by atoms with Crippen LogP contribution in [0.25, 0.3) is 10.2 Å². The van der Waals surface area contributed by atoms with Crippen molar-refractivity contribution in [2.45, 2.75) is 26.9 Å². The minimum absolute atomic E-state index is 0.0870. The van der Waals surface area contributed by atoms with Crippen LogP contribution in [-0.4, -0.2) is 15.9 Å². The van der Waals surface area contributed by atoms with Crippen molar-refractivity contribution >= 4 is 50.7 Å². The molecule has 0 bridgehead atoms. The zero-order chi connectivity index (χ0) is 18.3. The minimum atomic E-state index is -0.764. The average Bonchev–Trinajstić information content (AvgIpc) is 2.82. The number of hydrogen-bond donors (Lipinski definition) is 1. The molecule has 130 valence electrons. The Morgan fingerprint density at radius 1 is 1.28 bits per heavy atom. The molecule has 2 heterocycles. The molecule has 0 aliphatic heterocycles. The Balaban J connectivity index is 1.94. The van der Waals surface area contributed by atoms with E-state index in [-0.39, 0.29) is 27.0 Å². The molecule has 3 rings (SSSR count). The van der Waals surface area contributed by atoms with Crippen molar-refractivity contribution in [3.63, 3.8) is 0 Å². The molecule has 0 aliphatic rings. The molecule has 0 unspecified atom stereocenters. The molecule has 2 aromatic heterocycles. The number of benzene rings is 1. The van der Waals surface area contributed by atoms with Crippen LogP contribution in [0.3, 0.4) is 0 Å². The maximum Gasteiger partial charge on any atom is 0.341 e. The molecule has 1 aromatic carbocycles. The number of ether oxygens (including phenoxy) is 1. The standard InChI is InChI=1S/C17H14Cl2N2O3S/c1-7-9(3)25-16-12(7)15(22)20-14(21-16)8(2)24-17(23)13-10(18)5-4-6-11(13)19/h4-6,8H,1-3H3,(H,20,21,22)/t8-/m1/s1. The van der Waals surface area contributed by atoms with Crippen LogP contribution in [0.1, 0.15) is 39.7 Å². The Bertz CT molecular complexity index is 1020. The second-order valence-corrected chi connectivity index (χ2v) is 7.58. The van der Waals surface area contributed by atoms with Gasteiger partial charge in [0.1, 0.15) is 4.83 Å². The highest BCUT2D eigenvalue weighted by molar-refractivity contribution is 7.18. The van der Waals surface area contributed by atoms with Gasteiger partial charge in [-0.25, -0.2) is 9.78 Å². The molecule has 0 radical (unpaired) electrons. The van der Waals surface area contributed by atoms with Crippen LogP contribution >= 0.6 is 34.5 Å². The van der Waals surface area contributed by atoms with E-state index < -0.39 is 12.1 Å². The molecule has 0 fully saturated rings. The fourth-order valence-corrected chi connectivity index (χ4v) is 4.02. The van der Waals surface area contributed by atoms with E-state index in [1.165, 1.54) is 11.3 Å². The highest BCUT2D eigenvalue weighted by Gasteiger charge is 2.22. The maximum atomic E-state index is 12.4. The lowest BCUT2D eigenvalue weighted by Gasteiger charge is -2.14. The number of halogens is 2. The molecule has 5 nitrogen and oxygen atoms in total. The summed E-state index contributed by atoms with van der Waals surface area (Å²) < 4.78 is 5.39. The monoisotopic (exact) mass is 396 g/mol. The van der Waals surface area contributed by atoms with Gasteiger partial charge in [-0.2, -0.15) is 0 Å². The van der Waals surface area contributed by atoms with E-state index in [0.29, 0.717) is 10.2 Å². The van der Waals surface area contributed by atoms with E-state index in [4.69, 9.17) is 27.9 Å². The van der Waals surface area contributed by atoms with Crippen molar-refractivity contribution < 1.29 is 9.53 Å². The van der Waals surface area contributed by atoms with E-state index in [9.17, 15) is 9.59 Å². The van der Waals surface area contributed by atoms with E-state index >= 15 is 0 Å². The van der Waals surface area contributed by atoms with Crippen molar-refractivity contribution in [3.8, 4) is 0 Å². The smallest absolute Gasteiger partial charge is 0.341 e. The number of carbonyl (C=O) groups excluding carboxylic acids is 1. The van der Waals surface area contributed by atoms with Crippen molar-refractivity contribution in [3.05, 3.63) is 60.4 Å². The summed E-state index contributed by atoms with van der Waals surface area (Å²) in [7, 11) is 0. The van der Waals surface area contributed by atoms with Crippen molar-refractivity contribution in [1.29, 1.82) is 0 Å². The summed E-state index contributed by atoms with van der Waals surface area (Å²) in [5, 5.41) is 0.969. The van der Waals surface area contributed by atoms with Gasteiger partial charge < -0.3 is 9.72 Å². The molecule has 0 saturated heterocycles. The number of nitrogens with one attached hydrogen (secondary N) is 1. The molecular weight excluding hydrogens is 383 g/mol. The summed E-state index contributed by atoms with van der Waals surface area (Å²) in [6, 6.07) is 4.75. The molecule has 8 heteroatoms. The zero-order valence-electron chi connectivity index (χ0n) is 13.6. The number of aryl methyl sites for hydroxylation is 2. The van der Waals surface area contributed by atoms with Crippen LogP contribution in [-0.2, 0) is 4.74 Å². The number of fused-ring (bicyclic) bond motifs is 1. The number of aromatic nitrogens is 2. The summed E-state index contributed by atoms with van der Waals surface area (Å²) in [6.07, 6.45) is -0.764. The molecule has 0 aliphatic carbocycles. The summed E-state index contributed by atoms with van der Waals surface area (Å²) in [5.74, 6) is -0.403. The summed E-state index contributed by atoms with van der Waals surface area (Å²) in [4.78, 5) is 33.5. The number of nitrogens with zero attached hydrogens (tertiary/aromatic N) is 1. The SMILES string of the molecule is Cc1sc2nc([C@@H](C)OC(=O)c3c(Cl)cccc3Cl)[nH]c(=O)c2c1C. The van der Waals surface area contributed by atoms with Gasteiger partial charge in [-0.3, -0.25) is 4.79 Å². The number of hydrogen-bond acceptors (Lipinski definition) is 5. The van der Waals surface area contributed by atoms with Gasteiger partial charge in [0.05, 0.1) is 21.0 Å². The number of aromatic amines is 1. The third kappa shape index (κ3) is 3.29. The molecule has 3 aromatic rings. The van der Waals surface area contributed by atoms with Gasteiger partial charge in [-0.1, -0.05) is 29.3 Å². The number of thiophene rings is 1. The van der Waals surface area contributed by atoms with Crippen LogP contribution in [0.15, 0.2) is 23.0 Å². The van der Waals surface area contributed by atoms with Gasteiger partial charge >= 0.3 is 5.97 Å². The van der Waals surface area contributed by atoms with Crippen LogP contribution < -0.4 is 5.56 Å². The number of carbonyl (C=O) groups is 1. The Hall–Kier alpha value is -1.89. The summed E-state index contributed by atoms with van der Waals surface area (Å²) >= 11 is 13.5. The molecule has 0 spiro atoms. The Morgan fingerprint density at radius 3 is 2.56 bits per heavy atom. The lowest BCUT2D eigenvalue weighted by molar-refractivity contribution is 0.0320. The molecule has 0 amide bonds. The lowest BCUT2D eigenvalue weighted by atomic mass is 10.2. The van der Waals surface area contributed by atoms with Crippen LogP contribution in [0, 0.1) is 13.8 Å². The third-order valence-electron chi connectivity index (χ3n) is 3.89. The van der Waals surface area contributed by atoms with Gasteiger partial charge in [0.25, 0.3) is 5.56 Å². The molecule has 25 heavy (non-hydrogen) atoms. The first kappa shape index (κ1) is 17.9. The fourth-order valence-electron chi connectivity index (χ4n) is 2.43. The zero-order valence-corrected chi connectivity index (χ0v) is 16.0. The Labute approximate surface area is 157 Å². The lowest BCUT2D eigenvalue weighted by Crippen LogP contribution is -2.17. The largest absolute Gasteiger partial charge is 0.451 e. The van der Waals surface area contributed by atoms with Gasteiger partial charge in [0, 0.05) is 4.88 Å². The summed E-state index contributed by atoms with van der Waals surface area (Å²) in [5.41, 5.74) is 0.747. The molecule has 1 atom stereocenters. The van der Waals surface area contributed by atoms with E-state index in [1.54, 1.807) is 25.1 Å². The van der Waals surface area contributed by atoms with E-state index in [2.05, 4.69) is 9.97 Å². The van der Waals surface area contributed by atoms with Crippen LogP contribution in [0.4, 0.5) is 0 Å². The summed E-state index contributed by atoms with van der Waals surface area (Å²) in [6.45, 7) is 5.44. The second-order valence-electron chi connectivity index (χ2n) is 5.56. The van der Waals surface area contributed by atoms with Crippen molar-refractivity contribution in [2.75, 3.05) is 0 Å². The third-order valence-corrected chi connectivity index (χ3v) is 5.62. The molecule has 1 N–H and O–H groups in total. The Kier molecular flexibility index (Phi) is 4.86. The van der Waals surface area contributed by atoms with Gasteiger partial charge in [0.2, 0.25) is 0 Å². The van der Waals surface area contributed by atoms with Gasteiger partial charge in [0.15, 0.2) is 11.9 Å². The predicted molar refractivity (Wildman–Crippen MR) is 100 cm³/mol. The maximum absolute atomic E-state index is 12.4. The first-order valence-electron chi connectivity index (χ1n) is 7.44. The quantitative estimate of drug-likeness (QED) is 0.643. The first-order chi connectivity index (χ1) is 11.8. The van der Waals surface area contributed by atoms with E-state index in [1.807, 2.05) is 13.8 Å². The topological polar surface area (TPSA) is 72.0 Å². The fraction of sp³-hybridized carbons (Fsp3) is 0.235. The first-order valence-corrected chi connectivity index (χ1v) is 9.01. The van der Waals surface area contributed by atoms with E-state index in [0.717, 1.165) is 10.4 Å². The number of H-pyrrole nitrogens is 1. The second kappa shape index (κ2) is 6.78. The van der Waals surface area contributed by atoms with Crippen molar-refractivity contribution in [2.24, 2.45) is 0 Å². The highest BCUT2D eigenvalue weighted by Crippen LogP contribution is 2.29. The van der Waals surface area contributed by atoms with Crippen molar-refractivity contribution in [1.82, 2.24) is 9.97 Å².